The van der Waals surface area contributed by atoms with Crippen LogP contribution in [-0.2, 0) is 0 Å². The molecule has 15 heavy (non-hydrogen) atoms. The first-order valence-corrected chi connectivity index (χ1v) is 6.44. The quantitative estimate of drug-likeness (QED) is 0.716. The summed E-state index contributed by atoms with van der Waals surface area (Å²) in [6.07, 6.45) is 8.48. The van der Waals surface area contributed by atoms with Gasteiger partial charge < -0.3 is 0 Å². The third-order valence-electron chi connectivity index (χ3n) is 3.79. The molecule has 1 N–H and O–H groups in total. The van der Waals surface area contributed by atoms with Crippen molar-refractivity contribution in [2.45, 2.75) is 51.5 Å². The third kappa shape index (κ3) is 3.16. The monoisotopic (exact) mass is 211 g/mol. The topological polar surface area (TPSA) is 18.5 Å². The van der Waals surface area contributed by atoms with E-state index in [1.165, 1.54) is 38.5 Å². The number of hydrogen-bond acceptors (Lipinski definition) is 3. The summed E-state index contributed by atoms with van der Waals surface area (Å²) in [6.45, 7) is 4.53. The number of nitrogens with zero attached hydrogens (tertiary/aromatic N) is 2. The van der Waals surface area contributed by atoms with Gasteiger partial charge >= 0.3 is 0 Å². The lowest BCUT2D eigenvalue weighted by molar-refractivity contribution is 0.119. The van der Waals surface area contributed by atoms with E-state index in [4.69, 9.17) is 0 Å². The predicted molar refractivity (Wildman–Crippen MR) is 63.1 cm³/mol. The van der Waals surface area contributed by atoms with E-state index in [1.807, 2.05) is 0 Å². The highest BCUT2D eigenvalue weighted by molar-refractivity contribution is 4.76. The smallest absolute Gasteiger partial charge is 0.0657 e. The van der Waals surface area contributed by atoms with Crippen molar-refractivity contribution in [2.24, 2.45) is 5.92 Å². The molecule has 2 rings (SSSR count). The Kier molecular flexibility index (Phi) is 4.00. The second-order valence-electron chi connectivity index (χ2n) is 5.42. The van der Waals surface area contributed by atoms with Crippen molar-refractivity contribution in [1.29, 1.82) is 0 Å². The summed E-state index contributed by atoms with van der Waals surface area (Å²) < 4.78 is 0. The molecule has 2 fully saturated rings. The summed E-state index contributed by atoms with van der Waals surface area (Å²) in [5, 5.41) is 2.46. The molecule has 1 heterocycles. The lowest BCUT2D eigenvalue weighted by atomic mass is 9.89. The lowest BCUT2D eigenvalue weighted by Crippen LogP contribution is -2.42. The molecule has 2 aliphatic rings. The van der Waals surface area contributed by atoms with Crippen LogP contribution in [-0.4, -0.2) is 36.3 Å². The minimum absolute atomic E-state index is 0.769. The van der Waals surface area contributed by atoms with Gasteiger partial charge in [-0.3, -0.25) is 4.90 Å². The third-order valence-corrected chi connectivity index (χ3v) is 3.79. The molecule has 2 unspecified atom stereocenters. The lowest BCUT2D eigenvalue weighted by Gasteiger charge is -2.31. The van der Waals surface area contributed by atoms with Crippen LogP contribution in [0.25, 0.3) is 0 Å². The number of nitrogens with one attached hydrogen (secondary N) is 1. The van der Waals surface area contributed by atoms with Gasteiger partial charge in [0.2, 0.25) is 0 Å². The minimum Gasteiger partial charge on any atom is -0.278 e. The van der Waals surface area contributed by atoms with Gasteiger partial charge in [-0.1, -0.05) is 32.6 Å². The highest BCUT2D eigenvalue weighted by Crippen LogP contribution is 2.25. The van der Waals surface area contributed by atoms with Crippen molar-refractivity contribution in [3.63, 3.8) is 0 Å². The van der Waals surface area contributed by atoms with E-state index < -0.39 is 0 Å². The second-order valence-corrected chi connectivity index (χ2v) is 5.42. The zero-order valence-electron chi connectivity index (χ0n) is 10.2. The van der Waals surface area contributed by atoms with Crippen LogP contribution in [0.1, 0.15) is 45.4 Å². The van der Waals surface area contributed by atoms with E-state index >= 15 is 0 Å². The molecule has 1 aliphatic heterocycles. The molecule has 3 nitrogen and oxygen atoms in total. The van der Waals surface area contributed by atoms with Gasteiger partial charge in [0.1, 0.15) is 0 Å². The van der Waals surface area contributed by atoms with E-state index in [0.29, 0.717) is 0 Å². The standard InChI is InChI=1S/C12H25N3/c1-11-6-4-3-5-7-12(8-11)15-10-14(2)9-13-15/h11-13H,3-10H2,1-2H3. The Hall–Kier alpha value is -0.120. The second kappa shape index (κ2) is 5.28. The number of hydrazine groups is 1. The van der Waals surface area contributed by atoms with Gasteiger partial charge in [0, 0.05) is 6.04 Å². The van der Waals surface area contributed by atoms with Crippen LogP contribution >= 0.6 is 0 Å². The maximum Gasteiger partial charge on any atom is 0.0657 e. The first-order chi connectivity index (χ1) is 7.25. The minimum atomic E-state index is 0.769. The van der Waals surface area contributed by atoms with Crippen LogP contribution in [0.15, 0.2) is 0 Å². The molecule has 0 amide bonds. The molecular weight excluding hydrogens is 186 g/mol. The summed E-state index contributed by atoms with van der Waals surface area (Å²) in [4.78, 5) is 2.34. The summed E-state index contributed by atoms with van der Waals surface area (Å²) in [5.74, 6) is 0.906. The highest BCUT2D eigenvalue weighted by Gasteiger charge is 2.26. The van der Waals surface area contributed by atoms with Crippen molar-refractivity contribution >= 4 is 0 Å². The van der Waals surface area contributed by atoms with Gasteiger partial charge in [-0.15, -0.1) is 0 Å². The average Bonchev–Trinajstić information content (AvgIpc) is 2.58. The highest BCUT2D eigenvalue weighted by atomic mass is 15.6. The molecule has 88 valence electrons. The maximum absolute atomic E-state index is 3.50. The van der Waals surface area contributed by atoms with E-state index in [1.54, 1.807) is 0 Å². The fraction of sp³-hybridized carbons (Fsp3) is 1.00. The zero-order chi connectivity index (χ0) is 10.7. The fourth-order valence-electron chi connectivity index (χ4n) is 2.85. The van der Waals surface area contributed by atoms with Gasteiger partial charge in [-0.2, -0.15) is 0 Å². The molecule has 2 atom stereocenters. The molecular formula is C12H25N3. The fourth-order valence-corrected chi connectivity index (χ4v) is 2.85. The SMILES string of the molecule is CC1CCCCCC(N2CN(C)CN2)C1. The Labute approximate surface area is 93.8 Å². The van der Waals surface area contributed by atoms with E-state index in [0.717, 1.165) is 25.3 Å². The van der Waals surface area contributed by atoms with Crippen molar-refractivity contribution in [3.05, 3.63) is 0 Å². The van der Waals surface area contributed by atoms with E-state index in [-0.39, 0.29) is 0 Å². The van der Waals surface area contributed by atoms with E-state index in [9.17, 15) is 0 Å². The van der Waals surface area contributed by atoms with Gasteiger partial charge in [0.05, 0.1) is 13.3 Å². The molecule has 0 aromatic heterocycles. The predicted octanol–water partition coefficient (Wildman–Crippen LogP) is 2.01. The zero-order valence-corrected chi connectivity index (χ0v) is 10.2. The number of rotatable bonds is 1. The largest absolute Gasteiger partial charge is 0.278 e. The van der Waals surface area contributed by atoms with Crippen LogP contribution in [0.5, 0.6) is 0 Å². The van der Waals surface area contributed by atoms with Gasteiger partial charge in [0.15, 0.2) is 0 Å². The molecule has 1 aliphatic carbocycles. The van der Waals surface area contributed by atoms with E-state index in [2.05, 4.69) is 29.3 Å². The molecule has 1 saturated heterocycles. The maximum atomic E-state index is 3.50. The summed E-state index contributed by atoms with van der Waals surface area (Å²) >= 11 is 0. The molecule has 3 heteroatoms. The summed E-state index contributed by atoms with van der Waals surface area (Å²) in [6, 6.07) is 0.769. The van der Waals surface area contributed by atoms with Crippen LogP contribution in [0, 0.1) is 5.92 Å². The molecule has 0 aromatic carbocycles. The molecule has 1 saturated carbocycles. The van der Waals surface area contributed by atoms with Gasteiger partial charge in [-0.05, 0) is 25.8 Å². The summed E-state index contributed by atoms with van der Waals surface area (Å²) in [7, 11) is 2.18. The molecule has 0 bridgehead atoms. The first-order valence-electron chi connectivity index (χ1n) is 6.44. The van der Waals surface area contributed by atoms with Crippen LogP contribution in [0.2, 0.25) is 0 Å². The van der Waals surface area contributed by atoms with Crippen molar-refractivity contribution in [3.8, 4) is 0 Å². The molecule has 0 aromatic rings. The van der Waals surface area contributed by atoms with Crippen LogP contribution < -0.4 is 5.43 Å². The van der Waals surface area contributed by atoms with Gasteiger partial charge in [-0.25, -0.2) is 10.4 Å². The van der Waals surface area contributed by atoms with Crippen molar-refractivity contribution < 1.29 is 0 Å². The Morgan fingerprint density at radius 2 is 1.93 bits per heavy atom. The Morgan fingerprint density at radius 3 is 2.67 bits per heavy atom. The molecule has 0 radical (unpaired) electrons. The number of hydrogen-bond donors (Lipinski definition) is 1. The summed E-state index contributed by atoms with van der Waals surface area (Å²) in [5.41, 5.74) is 3.50. The Morgan fingerprint density at radius 1 is 1.13 bits per heavy atom. The average molecular weight is 211 g/mol. The van der Waals surface area contributed by atoms with Crippen LogP contribution in [0.4, 0.5) is 0 Å². The molecule has 0 spiro atoms. The first kappa shape index (κ1) is 11.4. The van der Waals surface area contributed by atoms with Gasteiger partial charge in [0.25, 0.3) is 0 Å². The normalized spacial score (nSPS) is 36.4. The van der Waals surface area contributed by atoms with Crippen LogP contribution in [0.3, 0.4) is 0 Å². The Bertz CT molecular complexity index is 195. The Balaban J connectivity index is 1.87. The van der Waals surface area contributed by atoms with Crippen molar-refractivity contribution in [2.75, 3.05) is 20.4 Å². The van der Waals surface area contributed by atoms with Crippen molar-refractivity contribution in [1.82, 2.24) is 15.3 Å².